The molecule has 0 fully saturated rings. The van der Waals surface area contributed by atoms with Gasteiger partial charge in [0.2, 0.25) is 5.91 Å². The van der Waals surface area contributed by atoms with Gasteiger partial charge in [-0.15, -0.1) is 0 Å². The lowest BCUT2D eigenvalue weighted by Gasteiger charge is -2.03. The lowest BCUT2D eigenvalue weighted by Crippen LogP contribution is -2.07. The van der Waals surface area contributed by atoms with Gasteiger partial charge < -0.3 is 10.4 Å². The molecule has 0 aliphatic carbocycles. The largest absolute Gasteiger partial charge is 0.396 e. The van der Waals surface area contributed by atoms with E-state index in [-0.39, 0.29) is 12.5 Å². The van der Waals surface area contributed by atoms with Crippen LogP contribution in [-0.4, -0.2) is 17.6 Å². The predicted octanol–water partition coefficient (Wildman–Crippen LogP) is 1.74. The van der Waals surface area contributed by atoms with Crippen molar-refractivity contribution in [2.45, 2.75) is 13.3 Å². The first-order valence-electron chi connectivity index (χ1n) is 4.89. The molecule has 0 saturated heterocycles. The summed E-state index contributed by atoms with van der Waals surface area (Å²) in [5, 5.41) is 11.4. The number of carbonyl (C=O) groups is 1. The third-order valence-electron chi connectivity index (χ3n) is 1.94. The molecule has 0 radical (unpaired) electrons. The molecule has 15 heavy (non-hydrogen) atoms. The number of aliphatic hydroxyl groups is 1. The van der Waals surface area contributed by atoms with E-state index in [4.69, 9.17) is 5.11 Å². The predicted molar refractivity (Wildman–Crippen MR) is 60.7 cm³/mol. The smallest absolute Gasteiger partial charge is 0.248 e. The average Bonchev–Trinajstić information content (AvgIpc) is 2.22. The summed E-state index contributed by atoms with van der Waals surface area (Å²) in [6, 6.07) is 7.43. The van der Waals surface area contributed by atoms with E-state index in [2.05, 4.69) is 5.32 Å². The maximum atomic E-state index is 11.2. The van der Waals surface area contributed by atoms with Gasteiger partial charge in [0.15, 0.2) is 0 Å². The van der Waals surface area contributed by atoms with Crippen LogP contribution >= 0.6 is 0 Å². The van der Waals surface area contributed by atoms with Crippen LogP contribution in [0.15, 0.2) is 36.4 Å². The Morgan fingerprint density at radius 2 is 2.07 bits per heavy atom. The third-order valence-corrected chi connectivity index (χ3v) is 1.94. The van der Waals surface area contributed by atoms with Crippen molar-refractivity contribution in [2.75, 3.05) is 11.9 Å². The summed E-state index contributed by atoms with van der Waals surface area (Å²) in [7, 11) is 0. The van der Waals surface area contributed by atoms with Crippen molar-refractivity contribution in [1.82, 2.24) is 0 Å². The number of nitrogens with one attached hydrogen (secondary N) is 1. The van der Waals surface area contributed by atoms with Crippen molar-refractivity contribution in [3.05, 3.63) is 42.0 Å². The van der Waals surface area contributed by atoms with Crippen LogP contribution in [0, 0.1) is 0 Å². The van der Waals surface area contributed by atoms with Gasteiger partial charge in [0, 0.05) is 12.3 Å². The molecule has 0 aliphatic heterocycles. The average molecular weight is 205 g/mol. The second-order valence-electron chi connectivity index (χ2n) is 3.16. The number of rotatable bonds is 4. The zero-order chi connectivity index (χ0) is 11.1. The summed E-state index contributed by atoms with van der Waals surface area (Å²) in [4.78, 5) is 11.2. The van der Waals surface area contributed by atoms with E-state index in [1.54, 1.807) is 13.0 Å². The molecule has 0 aliphatic rings. The van der Waals surface area contributed by atoms with Crippen LogP contribution < -0.4 is 5.32 Å². The van der Waals surface area contributed by atoms with Crippen molar-refractivity contribution in [3.8, 4) is 0 Å². The van der Waals surface area contributed by atoms with Crippen LogP contribution in [0.1, 0.15) is 12.5 Å². The Kier molecular flexibility index (Phi) is 4.57. The SMILES string of the molecule is CC=CC(=O)Nc1ccc(CCO)cc1. The van der Waals surface area contributed by atoms with Gasteiger partial charge in [0.1, 0.15) is 0 Å². The van der Waals surface area contributed by atoms with Crippen molar-refractivity contribution < 1.29 is 9.90 Å². The maximum Gasteiger partial charge on any atom is 0.248 e. The number of amides is 1. The minimum atomic E-state index is -0.132. The molecule has 2 N–H and O–H groups in total. The fraction of sp³-hybridized carbons (Fsp3) is 0.250. The zero-order valence-electron chi connectivity index (χ0n) is 8.73. The highest BCUT2D eigenvalue weighted by atomic mass is 16.2. The zero-order valence-corrected chi connectivity index (χ0v) is 8.73. The van der Waals surface area contributed by atoms with E-state index in [0.717, 1.165) is 11.3 Å². The highest BCUT2D eigenvalue weighted by molar-refractivity contribution is 5.99. The molecule has 80 valence electrons. The number of allylic oxidation sites excluding steroid dienone is 1. The van der Waals surface area contributed by atoms with Crippen LogP contribution in [0.4, 0.5) is 5.69 Å². The summed E-state index contributed by atoms with van der Waals surface area (Å²) >= 11 is 0. The van der Waals surface area contributed by atoms with Crippen molar-refractivity contribution >= 4 is 11.6 Å². The van der Waals surface area contributed by atoms with Crippen molar-refractivity contribution in [3.63, 3.8) is 0 Å². The van der Waals surface area contributed by atoms with Gasteiger partial charge in [0.05, 0.1) is 0 Å². The van der Waals surface area contributed by atoms with Gasteiger partial charge in [0.25, 0.3) is 0 Å². The van der Waals surface area contributed by atoms with Crippen LogP contribution in [0.5, 0.6) is 0 Å². The van der Waals surface area contributed by atoms with Gasteiger partial charge in [-0.05, 0) is 37.1 Å². The highest BCUT2D eigenvalue weighted by Crippen LogP contribution is 2.09. The Morgan fingerprint density at radius 1 is 1.40 bits per heavy atom. The van der Waals surface area contributed by atoms with Gasteiger partial charge in [-0.1, -0.05) is 18.2 Å². The van der Waals surface area contributed by atoms with E-state index in [9.17, 15) is 4.79 Å². The van der Waals surface area contributed by atoms with E-state index >= 15 is 0 Å². The Hall–Kier alpha value is -1.61. The molecule has 3 heteroatoms. The van der Waals surface area contributed by atoms with Crippen LogP contribution in [0.3, 0.4) is 0 Å². The summed E-state index contributed by atoms with van der Waals surface area (Å²) in [5.74, 6) is -0.132. The standard InChI is InChI=1S/C12H15NO2/c1-2-3-12(15)13-11-6-4-10(5-7-11)8-9-14/h2-7,14H,8-9H2,1H3,(H,13,15). The summed E-state index contributed by atoms with van der Waals surface area (Å²) in [5.41, 5.74) is 1.82. The van der Waals surface area contributed by atoms with Crippen LogP contribution in [0.25, 0.3) is 0 Å². The summed E-state index contributed by atoms with van der Waals surface area (Å²) in [6.07, 6.45) is 3.81. The number of carbonyl (C=O) groups excluding carboxylic acids is 1. The molecule has 0 heterocycles. The summed E-state index contributed by atoms with van der Waals surface area (Å²) in [6.45, 7) is 1.94. The number of benzene rings is 1. The molecule has 1 rings (SSSR count). The Morgan fingerprint density at radius 3 is 2.60 bits per heavy atom. The normalized spacial score (nSPS) is 10.5. The second kappa shape index (κ2) is 5.98. The fourth-order valence-corrected chi connectivity index (χ4v) is 1.22. The molecule has 0 bridgehead atoms. The van der Waals surface area contributed by atoms with Crippen LogP contribution in [0.2, 0.25) is 0 Å². The second-order valence-corrected chi connectivity index (χ2v) is 3.16. The number of anilines is 1. The van der Waals surface area contributed by atoms with Gasteiger partial charge in [-0.25, -0.2) is 0 Å². The first kappa shape index (κ1) is 11.5. The Balaban J connectivity index is 2.60. The minimum absolute atomic E-state index is 0.132. The molecule has 0 unspecified atom stereocenters. The molecular formula is C12H15NO2. The molecule has 1 aromatic rings. The Labute approximate surface area is 89.4 Å². The monoisotopic (exact) mass is 205 g/mol. The summed E-state index contributed by atoms with van der Waals surface area (Å²) < 4.78 is 0. The topological polar surface area (TPSA) is 49.3 Å². The molecule has 0 aromatic heterocycles. The van der Waals surface area contributed by atoms with Crippen LogP contribution in [-0.2, 0) is 11.2 Å². The molecule has 1 aromatic carbocycles. The van der Waals surface area contributed by atoms with E-state index < -0.39 is 0 Å². The lowest BCUT2D eigenvalue weighted by molar-refractivity contribution is -0.111. The molecule has 0 spiro atoms. The molecule has 3 nitrogen and oxygen atoms in total. The Bertz CT molecular complexity index is 341. The van der Waals surface area contributed by atoms with Crippen molar-refractivity contribution in [2.24, 2.45) is 0 Å². The maximum absolute atomic E-state index is 11.2. The van der Waals surface area contributed by atoms with Crippen molar-refractivity contribution in [1.29, 1.82) is 0 Å². The quantitative estimate of drug-likeness (QED) is 0.735. The first-order chi connectivity index (χ1) is 7.26. The minimum Gasteiger partial charge on any atom is -0.396 e. The van der Waals surface area contributed by atoms with Gasteiger partial charge >= 0.3 is 0 Å². The van der Waals surface area contributed by atoms with E-state index in [0.29, 0.717) is 6.42 Å². The fourth-order valence-electron chi connectivity index (χ4n) is 1.22. The molecule has 0 atom stereocenters. The lowest BCUT2D eigenvalue weighted by atomic mass is 10.1. The molecule has 1 amide bonds. The van der Waals surface area contributed by atoms with E-state index in [1.807, 2.05) is 24.3 Å². The number of aliphatic hydroxyl groups excluding tert-OH is 1. The molecular weight excluding hydrogens is 190 g/mol. The number of hydrogen-bond donors (Lipinski definition) is 2. The van der Waals surface area contributed by atoms with Gasteiger partial charge in [-0.3, -0.25) is 4.79 Å². The van der Waals surface area contributed by atoms with E-state index in [1.165, 1.54) is 6.08 Å². The molecule has 0 saturated carbocycles. The van der Waals surface area contributed by atoms with Gasteiger partial charge in [-0.2, -0.15) is 0 Å². The third kappa shape index (κ3) is 3.95. The number of hydrogen-bond acceptors (Lipinski definition) is 2. The first-order valence-corrected chi connectivity index (χ1v) is 4.89. The highest BCUT2D eigenvalue weighted by Gasteiger charge is 1.97.